The predicted molar refractivity (Wildman–Crippen MR) is 17.1 cm³/mol. The molecular formula is CCl2ORh+2. The van der Waals surface area contributed by atoms with Crippen LogP contribution in [0.5, 0.6) is 0 Å². The maximum atomic E-state index is 8.98. The van der Waals surface area contributed by atoms with Crippen molar-refractivity contribution < 1.29 is 24.3 Å². The fourth-order valence-electron chi connectivity index (χ4n) is 0. The summed E-state index contributed by atoms with van der Waals surface area (Å²) in [6.07, 6.45) is 0. The van der Waals surface area contributed by atoms with E-state index in [1.54, 1.807) is 0 Å². The molecule has 1 radical (unpaired) electrons. The third kappa shape index (κ3) is 52.7. The second kappa shape index (κ2) is 4.87. The van der Waals surface area contributed by atoms with Crippen LogP contribution in [-0.4, -0.2) is 4.70 Å². The molecule has 0 aliphatic carbocycles. The molecule has 1 nitrogen and oxygen atoms in total. The molecule has 0 aromatic heterocycles. The van der Waals surface area contributed by atoms with E-state index < -0.39 is 4.70 Å². The molecule has 0 aliphatic rings. The van der Waals surface area contributed by atoms with Crippen LogP contribution in [0.2, 0.25) is 0 Å². The molecule has 0 saturated carbocycles. The molecule has 0 bridgehead atoms. The molecule has 0 aromatic rings. The predicted octanol–water partition coefficient (Wildman–Crippen LogP) is 1.58. The number of hydrogen-bond donors (Lipinski definition) is 0. The Balaban J connectivity index is 0. The minimum Gasteiger partial charge on any atom is -0.262 e. The minimum atomic E-state index is -0.889. The summed E-state index contributed by atoms with van der Waals surface area (Å²) in [6, 6.07) is 0. The Bertz CT molecular complexity index is 32.6. The van der Waals surface area contributed by atoms with Crippen LogP contribution >= 0.6 is 23.2 Å². The molecule has 0 saturated heterocycles. The fourth-order valence-corrected chi connectivity index (χ4v) is 0. The first kappa shape index (κ1) is 9.30. The molecule has 0 rings (SSSR count). The molecule has 4 heteroatoms. The topological polar surface area (TPSA) is 17.1 Å². The summed E-state index contributed by atoms with van der Waals surface area (Å²) in [7, 11) is 0. The molecule has 0 aromatic carbocycles. The van der Waals surface area contributed by atoms with Gasteiger partial charge in [0.15, 0.2) is 0 Å². The van der Waals surface area contributed by atoms with Gasteiger partial charge in [0.25, 0.3) is 0 Å². The van der Waals surface area contributed by atoms with Crippen molar-refractivity contribution in [3.63, 3.8) is 0 Å². The zero-order chi connectivity index (χ0) is 3.58. The molecule has 0 amide bonds. The first-order valence-corrected chi connectivity index (χ1v) is 1.34. The van der Waals surface area contributed by atoms with Crippen LogP contribution < -0.4 is 0 Å². The molecule has 0 aliphatic heterocycles. The Morgan fingerprint density at radius 3 is 1.40 bits per heavy atom. The van der Waals surface area contributed by atoms with Crippen molar-refractivity contribution in [2.45, 2.75) is 0 Å². The van der Waals surface area contributed by atoms with E-state index in [1.807, 2.05) is 0 Å². The van der Waals surface area contributed by atoms with Crippen LogP contribution in [0.25, 0.3) is 0 Å². The van der Waals surface area contributed by atoms with E-state index in [9.17, 15) is 0 Å². The van der Waals surface area contributed by atoms with Crippen molar-refractivity contribution in [2.75, 3.05) is 0 Å². The second-order valence-electron chi connectivity index (χ2n) is 0.226. The average Bonchev–Trinajstić information content (AvgIpc) is 0.811. The summed E-state index contributed by atoms with van der Waals surface area (Å²) in [5, 5.41) is 0. The van der Waals surface area contributed by atoms with Crippen molar-refractivity contribution in [3.05, 3.63) is 0 Å². The van der Waals surface area contributed by atoms with Crippen molar-refractivity contribution in [1.29, 1.82) is 0 Å². The molecule has 0 atom stereocenters. The molecule has 0 N–H and O–H groups in total. The summed E-state index contributed by atoms with van der Waals surface area (Å²) >= 11 is 8.80. The van der Waals surface area contributed by atoms with Crippen LogP contribution in [0, 0.1) is 0 Å². The molecule has 0 heterocycles. The zero-order valence-corrected chi connectivity index (χ0v) is 5.15. The molecule has 0 spiro atoms. The van der Waals surface area contributed by atoms with Gasteiger partial charge in [0.2, 0.25) is 0 Å². The van der Waals surface area contributed by atoms with Crippen molar-refractivity contribution in [2.24, 2.45) is 0 Å². The van der Waals surface area contributed by atoms with Crippen molar-refractivity contribution >= 4 is 27.9 Å². The van der Waals surface area contributed by atoms with Crippen LogP contribution in [0.1, 0.15) is 0 Å². The summed E-state index contributed by atoms with van der Waals surface area (Å²) in [6.45, 7) is 0. The summed E-state index contributed by atoms with van der Waals surface area (Å²) in [5.74, 6) is 0. The van der Waals surface area contributed by atoms with E-state index in [0.29, 0.717) is 0 Å². The SMILES string of the molecule is O=C(Cl)Cl.[Rh+2]. The smallest absolute Gasteiger partial charge is 0.262 e. The Kier molecular flexibility index (Phi) is 9.06. The van der Waals surface area contributed by atoms with Gasteiger partial charge in [0.05, 0.1) is 0 Å². The van der Waals surface area contributed by atoms with Gasteiger partial charge in [-0.3, -0.25) is 4.79 Å². The monoisotopic (exact) mass is 201 g/mol. The van der Waals surface area contributed by atoms with Crippen LogP contribution in [0.4, 0.5) is 4.79 Å². The first-order valence-electron chi connectivity index (χ1n) is 0.582. The van der Waals surface area contributed by atoms with Gasteiger partial charge in [-0.1, -0.05) is 0 Å². The Morgan fingerprint density at radius 2 is 1.40 bits per heavy atom. The van der Waals surface area contributed by atoms with Gasteiger partial charge >= 0.3 is 24.2 Å². The molecule has 31 valence electrons. The van der Waals surface area contributed by atoms with E-state index >= 15 is 0 Å². The van der Waals surface area contributed by atoms with Gasteiger partial charge < -0.3 is 0 Å². The maximum Gasteiger partial charge on any atom is 2.00 e. The van der Waals surface area contributed by atoms with Gasteiger partial charge in [-0.2, -0.15) is 0 Å². The number of carbonyl (C=O) groups is 1. The Labute approximate surface area is 52.4 Å². The number of halogens is 2. The third-order valence-corrected chi connectivity index (χ3v) is 0. The second-order valence-corrected chi connectivity index (χ2v) is 1.11. The van der Waals surface area contributed by atoms with Crippen LogP contribution in [-0.2, 0) is 19.5 Å². The minimum absolute atomic E-state index is 0. The van der Waals surface area contributed by atoms with Gasteiger partial charge in [0, 0.05) is 0 Å². The summed E-state index contributed by atoms with van der Waals surface area (Å²) in [4.78, 5) is 8.98. The van der Waals surface area contributed by atoms with Crippen molar-refractivity contribution in [1.82, 2.24) is 0 Å². The van der Waals surface area contributed by atoms with Gasteiger partial charge in [0.1, 0.15) is 0 Å². The summed E-state index contributed by atoms with van der Waals surface area (Å²) in [5.41, 5.74) is 0. The standard InChI is InChI=1S/CCl2O.Rh/c2-1(3)4;/q;+2. The summed E-state index contributed by atoms with van der Waals surface area (Å²) < 4.78 is -0.889. The van der Waals surface area contributed by atoms with Gasteiger partial charge in [-0.15, -0.1) is 0 Å². The Hall–Kier alpha value is 0.873. The Morgan fingerprint density at radius 1 is 1.40 bits per heavy atom. The molecule has 5 heavy (non-hydrogen) atoms. The molecule has 0 unspecified atom stereocenters. The van der Waals surface area contributed by atoms with Crippen molar-refractivity contribution in [3.8, 4) is 0 Å². The van der Waals surface area contributed by atoms with E-state index in [2.05, 4.69) is 23.2 Å². The zero-order valence-electron chi connectivity index (χ0n) is 2.00. The normalized spacial score (nSPS) is 5.20. The average molecular weight is 202 g/mol. The van der Waals surface area contributed by atoms with Crippen LogP contribution in [0.3, 0.4) is 0 Å². The van der Waals surface area contributed by atoms with E-state index in [0.717, 1.165) is 0 Å². The molecular weight excluding hydrogens is 202 g/mol. The maximum absolute atomic E-state index is 8.98. The number of rotatable bonds is 0. The number of hydrogen-bond acceptors (Lipinski definition) is 1. The molecule has 0 fully saturated rings. The third-order valence-electron chi connectivity index (χ3n) is 0. The first-order chi connectivity index (χ1) is 1.73. The van der Waals surface area contributed by atoms with E-state index in [-0.39, 0.29) is 19.5 Å². The number of carbonyl (C=O) groups excluding carboxylic acids is 1. The fraction of sp³-hybridized carbons (Fsp3) is 0. The largest absolute Gasteiger partial charge is 2.00 e. The van der Waals surface area contributed by atoms with E-state index in [4.69, 9.17) is 4.79 Å². The quantitative estimate of drug-likeness (QED) is 0.430. The van der Waals surface area contributed by atoms with Gasteiger partial charge in [-0.25, -0.2) is 0 Å². The van der Waals surface area contributed by atoms with Crippen LogP contribution in [0.15, 0.2) is 0 Å². The van der Waals surface area contributed by atoms with Gasteiger partial charge in [-0.05, 0) is 23.2 Å². The van der Waals surface area contributed by atoms with E-state index in [1.165, 1.54) is 0 Å².